The highest BCUT2D eigenvalue weighted by Gasteiger charge is 2.49. The van der Waals surface area contributed by atoms with E-state index in [1.807, 2.05) is 0 Å². The molecule has 0 aliphatic heterocycles. The Morgan fingerprint density at radius 2 is 1.96 bits per heavy atom. The summed E-state index contributed by atoms with van der Waals surface area (Å²) < 4.78 is 66.9. The summed E-state index contributed by atoms with van der Waals surface area (Å²) in [4.78, 5) is 21.0. The van der Waals surface area contributed by atoms with E-state index >= 15 is 0 Å². The van der Waals surface area contributed by atoms with Crippen LogP contribution >= 0.6 is 0 Å². The molecular formula is C11H10F3NO7S. The molecular weight excluding hydrogens is 347 g/mol. The molecule has 0 radical (unpaired) electrons. The van der Waals surface area contributed by atoms with Crippen LogP contribution in [-0.2, 0) is 26.1 Å². The van der Waals surface area contributed by atoms with Crippen molar-refractivity contribution >= 4 is 21.8 Å². The molecule has 1 rings (SSSR count). The van der Waals surface area contributed by atoms with Crippen LogP contribution in [0.5, 0.6) is 5.75 Å². The van der Waals surface area contributed by atoms with Gasteiger partial charge in [0.25, 0.3) is 0 Å². The van der Waals surface area contributed by atoms with Crippen molar-refractivity contribution in [2.75, 3.05) is 6.61 Å². The monoisotopic (exact) mass is 357 g/mol. The molecule has 0 aromatic heterocycles. The van der Waals surface area contributed by atoms with E-state index in [1.165, 1.54) is 0 Å². The first-order valence-electron chi connectivity index (χ1n) is 5.91. The lowest BCUT2D eigenvalue weighted by Crippen LogP contribution is -2.28. The predicted molar refractivity (Wildman–Crippen MR) is 69.0 cm³/mol. The first kappa shape index (κ1) is 18.7. The summed E-state index contributed by atoms with van der Waals surface area (Å²) >= 11 is 0. The normalized spacial score (nSPS) is 11.8. The van der Waals surface area contributed by atoms with Crippen LogP contribution in [0, 0.1) is 10.1 Å². The standard InChI is InChI=1S/C11H10F3NO7S/c1-2-21-10(16)6-7-3-4-9(8(5-7)15(17)18)22-23(19,20)11(12,13)14/h3-5H,2,6H2,1H3. The minimum absolute atomic E-state index is 0.0481. The summed E-state index contributed by atoms with van der Waals surface area (Å²) in [7, 11) is -6.05. The van der Waals surface area contributed by atoms with Crippen molar-refractivity contribution < 1.29 is 40.2 Å². The van der Waals surface area contributed by atoms with Crippen LogP contribution in [0.15, 0.2) is 18.2 Å². The third-order valence-electron chi connectivity index (χ3n) is 2.36. The molecule has 0 saturated heterocycles. The number of nitrogens with zero attached hydrogens (tertiary/aromatic N) is 1. The molecule has 0 N–H and O–H groups in total. The highest BCUT2D eigenvalue weighted by molar-refractivity contribution is 7.88. The predicted octanol–water partition coefficient (Wildman–Crippen LogP) is 1.93. The number of nitro benzene ring substituents is 1. The SMILES string of the molecule is CCOC(=O)Cc1ccc(OS(=O)(=O)C(F)(F)F)c([N+](=O)[O-])c1. The van der Waals surface area contributed by atoms with E-state index in [0.717, 1.165) is 12.1 Å². The Hall–Kier alpha value is -2.37. The number of rotatable bonds is 6. The highest BCUT2D eigenvalue weighted by Crippen LogP contribution is 2.33. The van der Waals surface area contributed by atoms with Gasteiger partial charge in [-0.15, -0.1) is 0 Å². The first-order valence-corrected chi connectivity index (χ1v) is 7.32. The minimum atomic E-state index is -6.05. The zero-order chi connectivity index (χ0) is 17.8. The van der Waals surface area contributed by atoms with Gasteiger partial charge in [-0.25, -0.2) is 0 Å². The Labute approximate surface area is 128 Å². The maximum absolute atomic E-state index is 12.2. The van der Waals surface area contributed by atoms with Crippen molar-refractivity contribution in [2.24, 2.45) is 0 Å². The molecule has 0 heterocycles. The second-order valence-electron chi connectivity index (χ2n) is 4.02. The van der Waals surface area contributed by atoms with Gasteiger partial charge in [0.15, 0.2) is 0 Å². The lowest BCUT2D eigenvalue weighted by atomic mass is 10.1. The molecule has 0 bridgehead atoms. The van der Waals surface area contributed by atoms with Crippen molar-refractivity contribution in [3.05, 3.63) is 33.9 Å². The van der Waals surface area contributed by atoms with Gasteiger partial charge in [-0.05, 0) is 18.6 Å². The fourth-order valence-corrected chi connectivity index (χ4v) is 1.90. The van der Waals surface area contributed by atoms with Crippen LogP contribution in [0.3, 0.4) is 0 Å². The lowest BCUT2D eigenvalue weighted by Gasteiger charge is -2.10. The molecule has 1 aromatic carbocycles. The molecule has 0 aliphatic rings. The van der Waals surface area contributed by atoms with Crippen LogP contribution in [0.1, 0.15) is 12.5 Å². The van der Waals surface area contributed by atoms with Crippen LogP contribution in [0.2, 0.25) is 0 Å². The molecule has 12 heteroatoms. The summed E-state index contributed by atoms with van der Waals surface area (Å²) in [6.07, 6.45) is -0.374. The number of ether oxygens (including phenoxy) is 1. The smallest absolute Gasteiger partial charge is 0.466 e. The van der Waals surface area contributed by atoms with Crippen molar-refractivity contribution in [2.45, 2.75) is 18.9 Å². The van der Waals surface area contributed by atoms with E-state index in [4.69, 9.17) is 0 Å². The largest absolute Gasteiger partial charge is 0.534 e. The van der Waals surface area contributed by atoms with E-state index < -0.39 is 38.0 Å². The van der Waals surface area contributed by atoms with Gasteiger partial charge in [0, 0.05) is 6.07 Å². The van der Waals surface area contributed by atoms with Gasteiger partial charge in [0.2, 0.25) is 5.75 Å². The molecule has 8 nitrogen and oxygen atoms in total. The molecule has 0 aliphatic carbocycles. The van der Waals surface area contributed by atoms with Gasteiger partial charge >= 0.3 is 27.3 Å². The number of benzene rings is 1. The number of carbonyl (C=O) groups is 1. The second-order valence-corrected chi connectivity index (χ2v) is 5.56. The molecule has 1 aromatic rings. The van der Waals surface area contributed by atoms with Gasteiger partial charge in [0.1, 0.15) is 0 Å². The molecule has 0 saturated carbocycles. The number of halogens is 3. The fraction of sp³-hybridized carbons (Fsp3) is 0.364. The Morgan fingerprint density at radius 3 is 2.43 bits per heavy atom. The van der Waals surface area contributed by atoms with E-state index in [9.17, 15) is 36.5 Å². The Balaban J connectivity index is 3.16. The molecule has 128 valence electrons. The summed E-state index contributed by atoms with van der Waals surface area (Å²) in [6, 6.07) is 2.42. The zero-order valence-electron chi connectivity index (χ0n) is 11.5. The lowest BCUT2D eigenvalue weighted by molar-refractivity contribution is -0.385. The fourth-order valence-electron chi connectivity index (χ4n) is 1.43. The molecule has 0 spiro atoms. The number of esters is 1. The van der Waals surface area contributed by atoms with Crippen LogP contribution in [0.25, 0.3) is 0 Å². The summed E-state index contributed by atoms with van der Waals surface area (Å²) in [5.74, 6) is -1.82. The highest BCUT2D eigenvalue weighted by atomic mass is 32.2. The third-order valence-corrected chi connectivity index (χ3v) is 3.32. The zero-order valence-corrected chi connectivity index (χ0v) is 12.3. The van der Waals surface area contributed by atoms with Crippen LogP contribution in [-0.4, -0.2) is 31.4 Å². The average Bonchev–Trinajstić information content (AvgIpc) is 2.38. The number of hydrogen-bond donors (Lipinski definition) is 0. The Kier molecular flexibility index (Phi) is 5.53. The summed E-state index contributed by atoms with van der Waals surface area (Å²) in [5.41, 5.74) is -6.71. The van der Waals surface area contributed by atoms with Gasteiger partial charge in [-0.3, -0.25) is 14.9 Å². The van der Waals surface area contributed by atoms with E-state index in [1.54, 1.807) is 6.92 Å². The van der Waals surface area contributed by atoms with Crippen molar-refractivity contribution in [3.63, 3.8) is 0 Å². The van der Waals surface area contributed by atoms with Crippen molar-refractivity contribution in [1.29, 1.82) is 0 Å². The van der Waals surface area contributed by atoms with Crippen molar-refractivity contribution in [1.82, 2.24) is 0 Å². The quantitative estimate of drug-likeness (QED) is 0.251. The van der Waals surface area contributed by atoms with Crippen molar-refractivity contribution in [3.8, 4) is 5.75 Å². The Bertz CT molecular complexity index is 715. The second kappa shape index (κ2) is 6.81. The van der Waals surface area contributed by atoms with Crippen LogP contribution in [0.4, 0.5) is 18.9 Å². The Morgan fingerprint density at radius 1 is 1.35 bits per heavy atom. The summed E-state index contributed by atoms with van der Waals surface area (Å²) in [6.45, 7) is 1.62. The van der Waals surface area contributed by atoms with E-state index in [0.29, 0.717) is 6.07 Å². The topological polar surface area (TPSA) is 113 Å². The molecule has 23 heavy (non-hydrogen) atoms. The molecule has 0 atom stereocenters. The van der Waals surface area contributed by atoms with E-state index in [2.05, 4.69) is 8.92 Å². The maximum Gasteiger partial charge on any atom is 0.534 e. The number of alkyl halides is 3. The van der Waals surface area contributed by atoms with Gasteiger partial charge < -0.3 is 8.92 Å². The van der Waals surface area contributed by atoms with Crippen LogP contribution < -0.4 is 4.18 Å². The number of nitro groups is 1. The molecule has 0 fully saturated rings. The van der Waals surface area contributed by atoms with Gasteiger partial charge in [-0.1, -0.05) is 6.07 Å². The van der Waals surface area contributed by atoms with Gasteiger partial charge in [0.05, 0.1) is 18.0 Å². The summed E-state index contributed by atoms with van der Waals surface area (Å²) in [5, 5.41) is 10.9. The first-order chi connectivity index (χ1) is 10.5. The number of hydrogen-bond acceptors (Lipinski definition) is 7. The average molecular weight is 357 g/mol. The number of carbonyl (C=O) groups excluding carboxylic acids is 1. The third kappa shape index (κ3) is 4.81. The van der Waals surface area contributed by atoms with E-state index in [-0.39, 0.29) is 18.6 Å². The van der Waals surface area contributed by atoms with Gasteiger partial charge in [-0.2, -0.15) is 21.6 Å². The molecule has 0 unspecified atom stereocenters. The maximum atomic E-state index is 12.2. The molecule has 0 amide bonds. The minimum Gasteiger partial charge on any atom is -0.466 e.